The number of amides is 1. The molecule has 1 saturated heterocycles. The Kier molecular flexibility index (Phi) is 11.2. The van der Waals surface area contributed by atoms with Gasteiger partial charge in [0.1, 0.15) is 16.5 Å². The van der Waals surface area contributed by atoms with Crippen molar-refractivity contribution in [2.75, 3.05) is 33.4 Å². The zero-order valence-electron chi connectivity index (χ0n) is 25.6. The van der Waals surface area contributed by atoms with Gasteiger partial charge >= 0.3 is 5.97 Å². The summed E-state index contributed by atoms with van der Waals surface area (Å²) in [4.78, 5) is 34.5. The summed E-state index contributed by atoms with van der Waals surface area (Å²) >= 11 is 1.53. The molecule has 1 aliphatic rings. The Morgan fingerprint density at radius 2 is 1.57 bits per heavy atom. The second-order valence-corrected chi connectivity index (χ2v) is 12.1. The average molecular weight is 612 g/mol. The lowest BCUT2D eigenvalue weighted by Gasteiger charge is -2.30. The van der Waals surface area contributed by atoms with Crippen LogP contribution in [0.4, 0.5) is 0 Å². The molecule has 5 rings (SSSR count). The Morgan fingerprint density at radius 3 is 2.16 bits per heavy atom. The molecule has 1 fully saturated rings. The van der Waals surface area contributed by atoms with Crippen LogP contribution >= 0.6 is 11.3 Å². The van der Waals surface area contributed by atoms with E-state index in [0.29, 0.717) is 44.8 Å². The van der Waals surface area contributed by atoms with E-state index in [2.05, 4.69) is 77.7 Å². The fourth-order valence-electron chi connectivity index (χ4n) is 5.82. The van der Waals surface area contributed by atoms with Crippen molar-refractivity contribution in [2.24, 2.45) is 5.92 Å². The number of hydrogen-bond acceptors (Lipinski definition) is 7. The maximum absolute atomic E-state index is 13.3. The number of methoxy groups -OCH3 is 1. The van der Waals surface area contributed by atoms with Gasteiger partial charge in [-0.1, -0.05) is 72.8 Å². The average Bonchev–Trinajstić information content (AvgIpc) is 3.54. The van der Waals surface area contributed by atoms with E-state index in [-0.39, 0.29) is 23.7 Å². The molecular formula is C36H41N3O4S. The highest BCUT2D eigenvalue weighted by atomic mass is 32.1. The van der Waals surface area contributed by atoms with E-state index in [1.54, 1.807) is 7.11 Å². The summed E-state index contributed by atoms with van der Waals surface area (Å²) in [5.74, 6) is 0.746. The number of nitrogens with zero attached hydrogens (tertiary/aromatic N) is 3. The summed E-state index contributed by atoms with van der Waals surface area (Å²) < 4.78 is 10.5. The minimum atomic E-state index is -0.158. The number of benzene rings is 3. The maximum atomic E-state index is 13.3. The Hall–Kier alpha value is -4.01. The van der Waals surface area contributed by atoms with Gasteiger partial charge in [-0.05, 0) is 61.6 Å². The molecule has 1 aliphatic heterocycles. The van der Waals surface area contributed by atoms with Gasteiger partial charge < -0.3 is 14.4 Å². The van der Waals surface area contributed by atoms with Crippen LogP contribution in [-0.2, 0) is 22.6 Å². The number of esters is 1. The van der Waals surface area contributed by atoms with E-state index in [1.807, 2.05) is 29.3 Å². The number of aromatic nitrogens is 1. The highest BCUT2D eigenvalue weighted by Gasteiger charge is 2.29. The third-order valence-corrected chi connectivity index (χ3v) is 9.07. The molecule has 4 aromatic rings. The van der Waals surface area contributed by atoms with Crippen LogP contribution in [0.25, 0.3) is 0 Å². The largest absolute Gasteiger partial charge is 0.497 e. The molecule has 3 aromatic carbocycles. The van der Waals surface area contributed by atoms with Crippen LogP contribution in [0.3, 0.4) is 0 Å². The van der Waals surface area contributed by atoms with Gasteiger partial charge in [0.25, 0.3) is 5.91 Å². The van der Waals surface area contributed by atoms with Gasteiger partial charge in [0, 0.05) is 30.9 Å². The van der Waals surface area contributed by atoms with Crippen LogP contribution in [0.15, 0.2) is 90.3 Å². The van der Waals surface area contributed by atoms with Crippen LogP contribution in [0.2, 0.25) is 0 Å². The molecule has 8 heteroatoms. The lowest BCUT2D eigenvalue weighted by atomic mass is 9.88. The molecule has 0 bridgehead atoms. The summed E-state index contributed by atoms with van der Waals surface area (Å²) in [7, 11) is 1.68. The van der Waals surface area contributed by atoms with Crippen molar-refractivity contribution in [1.29, 1.82) is 0 Å². The van der Waals surface area contributed by atoms with Crippen LogP contribution in [0, 0.1) is 5.92 Å². The number of hydrogen-bond donors (Lipinski definition) is 0. The molecule has 2 heterocycles. The lowest BCUT2D eigenvalue weighted by Crippen LogP contribution is -2.40. The number of piperidine rings is 1. The second kappa shape index (κ2) is 15.6. The van der Waals surface area contributed by atoms with E-state index in [1.165, 1.54) is 28.0 Å². The van der Waals surface area contributed by atoms with Crippen molar-refractivity contribution < 1.29 is 19.1 Å². The highest BCUT2D eigenvalue weighted by Crippen LogP contribution is 2.29. The van der Waals surface area contributed by atoms with E-state index < -0.39 is 0 Å². The van der Waals surface area contributed by atoms with Crippen LogP contribution in [0.5, 0.6) is 5.75 Å². The monoisotopic (exact) mass is 611 g/mol. The quantitative estimate of drug-likeness (QED) is 0.155. The summed E-state index contributed by atoms with van der Waals surface area (Å²) in [6.07, 6.45) is 2.19. The van der Waals surface area contributed by atoms with E-state index in [0.717, 1.165) is 30.3 Å². The first-order valence-corrected chi connectivity index (χ1v) is 16.3. The minimum absolute atomic E-state index is 0.0651. The molecule has 0 atom stereocenters. The van der Waals surface area contributed by atoms with Crippen molar-refractivity contribution in [1.82, 2.24) is 14.8 Å². The first-order chi connectivity index (χ1) is 21.5. The van der Waals surface area contributed by atoms with Crippen molar-refractivity contribution in [3.63, 3.8) is 0 Å². The molecule has 230 valence electrons. The van der Waals surface area contributed by atoms with Crippen molar-refractivity contribution >= 4 is 23.2 Å². The Balaban J connectivity index is 1.29. The fraction of sp³-hybridized carbons (Fsp3) is 0.361. The SMILES string of the molecule is CCOC(=O)C1CCN(C(=O)c2csc(CN(CCC(c3ccccc3)c3ccccc3)Cc3ccc(OC)cc3)n2)CC1. The van der Waals surface area contributed by atoms with Gasteiger partial charge in [0.2, 0.25) is 0 Å². The molecule has 1 amide bonds. The van der Waals surface area contributed by atoms with Crippen LogP contribution in [-0.4, -0.2) is 60.0 Å². The predicted molar refractivity (Wildman–Crippen MR) is 174 cm³/mol. The second-order valence-electron chi connectivity index (χ2n) is 11.2. The van der Waals surface area contributed by atoms with E-state index >= 15 is 0 Å². The number of carbonyl (C=O) groups excluding carboxylic acids is 2. The van der Waals surface area contributed by atoms with Crippen molar-refractivity contribution in [3.05, 3.63) is 118 Å². The highest BCUT2D eigenvalue weighted by molar-refractivity contribution is 7.09. The first kappa shape index (κ1) is 31.4. The van der Waals surface area contributed by atoms with Gasteiger partial charge in [-0.2, -0.15) is 0 Å². The number of carbonyl (C=O) groups is 2. The smallest absolute Gasteiger partial charge is 0.309 e. The lowest BCUT2D eigenvalue weighted by molar-refractivity contribution is -0.149. The Morgan fingerprint density at radius 1 is 0.932 bits per heavy atom. The molecule has 0 N–H and O–H groups in total. The summed E-state index contributed by atoms with van der Waals surface area (Å²) in [6.45, 7) is 5.53. The number of rotatable bonds is 13. The molecule has 0 unspecified atom stereocenters. The zero-order chi connectivity index (χ0) is 30.7. The van der Waals surface area contributed by atoms with Gasteiger partial charge in [-0.25, -0.2) is 4.98 Å². The zero-order valence-corrected chi connectivity index (χ0v) is 26.4. The van der Waals surface area contributed by atoms with Crippen LogP contribution in [0.1, 0.15) is 64.3 Å². The molecule has 0 saturated carbocycles. The summed E-state index contributed by atoms with van der Waals surface area (Å²) in [5, 5.41) is 2.79. The normalized spacial score (nSPS) is 13.8. The Bertz CT molecular complexity index is 1430. The summed E-state index contributed by atoms with van der Waals surface area (Å²) in [6, 6.07) is 29.6. The molecule has 44 heavy (non-hydrogen) atoms. The number of thiazole rings is 1. The number of likely N-dealkylation sites (tertiary alicyclic amines) is 1. The molecule has 0 radical (unpaired) electrons. The fourth-order valence-corrected chi connectivity index (χ4v) is 6.63. The molecular weight excluding hydrogens is 570 g/mol. The van der Waals surface area contributed by atoms with E-state index in [9.17, 15) is 9.59 Å². The third-order valence-electron chi connectivity index (χ3n) is 8.23. The van der Waals surface area contributed by atoms with Crippen molar-refractivity contribution in [3.8, 4) is 5.75 Å². The molecule has 0 spiro atoms. The van der Waals surface area contributed by atoms with Gasteiger partial charge in [-0.15, -0.1) is 11.3 Å². The van der Waals surface area contributed by atoms with Crippen molar-refractivity contribution in [2.45, 2.75) is 45.2 Å². The first-order valence-electron chi connectivity index (χ1n) is 15.4. The topological polar surface area (TPSA) is 72.0 Å². The van der Waals surface area contributed by atoms with Gasteiger partial charge in [0.15, 0.2) is 0 Å². The van der Waals surface area contributed by atoms with Gasteiger partial charge in [-0.3, -0.25) is 14.5 Å². The third kappa shape index (κ3) is 8.33. The predicted octanol–water partition coefficient (Wildman–Crippen LogP) is 6.79. The summed E-state index contributed by atoms with van der Waals surface area (Å²) in [5.41, 5.74) is 4.28. The van der Waals surface area contributed by atoms with Crippen LogP contribution < -0.4 is 4.74 Å². The Labute approximate surface area is 264 Å². The van der Waals surface area contributed by atoms with E-state index in [4.69, 9.17) is 14.5 Å². The number of ether oxygens (including phenoxy) is 2. The van der Waals surface area contributed by atoms with Gasteiger partial charge in [0.05, 0.1) is 26.2 Å². The molecule has 7 nitrogen and oxygen atoms in total. The molecule has 1 aromatic heterocycles. The maximum Gasteiger partial charge on any atom is 0.309 e. The minimum Gasteiger partial charge on any atom is -0.497 e. The molecule has 0 aliphatic carbocycles. The standard InChI is InChI=1S/C36H41N3O4S/c1-3-43-36(41)30-18-22-39(23-19-30)35(40)33-26-44-34(37-33)25-38(24-27-14-16-31(42-2)17-15-27)21-20-32(28-10-6-4-7-11-28)29-12-8-5-9-13-29/h4-17,26,30,32H,3,18-25H2,1-2H3.